The standard InChI is InChI=1S/C39H44ClN5O4S/c1-22-19-30-36(33(24-7-10-27(40)11-8-24)32(22)35(38(47)48)49-39(3,4)5)50-37(41-30)26-9-12-31-29(20-26)34(42-43(31)6)25-13-16-44(17-14-25)21-28-15-18-45(28)23(2)46/h7-12,19-20,25,28,35H,13-18,21H2,1-6H3,(H,47,48)/t28-,35?/m0/s1. The van der Waals surface area contributed by atoms with E-state index in [9.17, 15) is 14.7 Å². The van der Waals surface area contributed by atoms with E-state index >= 15 is 0 Å². The lowest BCUT2D eigenvalue weighted by Crippen LogP contribution is -2.56. The number of carbonyl (C=O) groups is 2. The number of amides is 1. The summed E-state index contributed by atoms with van der Waals surface area (Å²) in [6.07, 6.45) is 1.97. The highest BCUT2D eigenvalue weighted by molar-refractivity contribution is 7.22. The number of nitrogens with zero attached hydrogens (tertiary/aromatic N) is 5. The zero-order valence-corrected chi connectivity index (χ0v) is 31.1. The summed E-state index contributed by atoms with van der Waals surface area (Å²) in [6, 6.07) is 16.3. The van der Waals surface area contributed by atoms with Gasteiger partial charge in [-0.05, 0) is 108 Å². The predicted octanol–water partition coefficient (Wildman–Crippen LogP) is 8.22. The fraction of sp³-hybridized carbons (Fsp3) is 0.436. The molecule has 2 atom stereocenters. The van der Waals surface area contributed by atoms with Crippen LogP contribution in [0.2, 0.25) is 5.02 Å². The minimum absolute atomic E-state index is 0.177. The van der Waals surface area contributed by atoms with E-state index in [0.717, 1.165) is 99.5 Å². The van der Waals surface area contributed by atoms with Gasteiger partial charge in [-0.2, -0.15) is 5.10 Å². The zero-order valence-electron chi connectivity index (χ0n) is 29.5. The van der Waals surface area contributed by atoms with Gasteiger partial charge < -0.3 is 19.6 Å². The van der Waals surface area contributed by atoms with E-state index < -0.39 is 17.7 Å². The maximum atomic E-state index is 12.8. The van der Waals surface area contributed by atoms with Gasteiger partial charge in [0.2, 0.25) is 5.91 Å². The minimum Gasteiger partial charge on any atom is -0.479 e. The molecule has 0 radical (unpaired) electrons. The van der Waals surface area contributed by atoms with Crippen LogP contribution in [0.4, 0.5) is 0 Å². The first-order valence-corrected chi connectivity index (χ1v) is 18.5. The molecule has 2 aliphatic rings. The number of hydrogen-bond acceptors (Lipinski definition) is 7. The molecule has 1 unspecified atom stereocenters. The van der Waals surface area contributed by atoms with Crippen LogP contribution < -0.4 is 0 Å². The van der Waals surface area contributed by atoms with E-state index in [0.29, 0.717) is 22.5 Å². The summed E-state index contributed by atoms with van der Waals surface area (Å²) < 4.78 is 9.08. The molecular weight excluding hydrogens is 670 g/mol. The third kappa shape index (κ3) is 6.66. The molecule has 1 N–H and O–H groups in total. The van der Waals surface area contributed by atoms with Gasteiger partial charge in [0, 0.05) is 66.1 Å². The van der Waals surface area contributed by atoms with E-state index in [2.05, 4.69) is 23.1 Å². The molecule has 4 heterocycles. The fourth-order valence-electron chi connectivity index (χ4n) is 7.62. The van der Waals surface area contributed by atoms with E-state index in [1.54, 1.807) is 18.3 Å². The number of hydrogen-bond donors (Lipinski definition) is 1. The predicted molar refractivity (Wildman–Crippen MR) is 200 cm³/mol. The van der Waals surface area contributed by atoms with E-state index in [-0.39, 0.29) is 5.91 Å². The van der Waals surface area contributed by atoms with Gasteiger partial charge in [-0.3, -0.25) is 9.48 Å². The average Bonchev–Trinajstić information content (AvgIpc) is 3.62. The number of aliphatic carboxylic acids is 1. The Morgan fingerprint density at radius 2 is 1.74 bits per heavy atom. The lowest BCUT2D eigenvalue weighted by molar-refractivity contribution is -0.160. The molecule has 1 amide bonds. The second kappa shape index (κ2) is 13.4. The molecule has 5 aromatic rings. The van der Waals surface area contributed by atoms with Gasteiger partial charge in [-0.1, -0.05) is 23.7 Å². The third-order valence-electron chi connectivity index (χ3n) is 10.1. The molecule has 0 spiro atoms. The maximum Gasteiger partial charge on any atom is 0.337 e. The zero-order chi connectivity index (χ0) is 35.5. The van der Waals surface area contributed by atoms with Crippen LogP contribution in [0.15, 0.2) is 48.5 Å². The Labute approximate surface area is 301 Å². The van der Waals surface area contributed by atoms with Crippen molar-refractivity contribution in [1.29, 1.82) is 0 Å². The van der Waals surface area contributed by atoms with Crippen molar-refractivity contribution < 1.29 is 19.4 Å². The largest absolute Gasteiger partial charge is 0.479 e. The summed E-state index contributed by atoms with van der Waals surface area (Å²) in [5.41, 5.74) is 6.44. The molecule has 0 bridgehead atoms. The summed E-state index contributed by atoms with van der Waals surface area (Å²) >= 11 is 7.86. The van der Waals surface area contributed by atoms with Crippen molar-refractivity contribution in [3.05, 3.63) is 70.4 Å². The van der Waals surface area contributed by atoms with Crippen LogP contribution >= 0.6 is 22.9 Å². The van der Waals surface area contributed by atoms with Crippen molar-refractivity contribution >= 4 is 55.9 Å². The number of benzene rings is 3. The van der Waals surface area contributed by atoms with Crippen LogP contribution in [-0.4, -0.2) is 79.4 Å². The normalized spacial score (nSPS) is 18.1. The Balaban J connectivity index is 1.25. The first kappa shape index (κ1) is 34.6. The molecule has 2 aromatic heterocycles. The number of rotatable bonds is 8. The van der Waals surface area contributed by atoms with E-state index in [4.69, 9.17) is 26.4 Å². The minimum atomic E-state index is -1.17. The molecule has 0 aliphatic carbocycles. The number of fused-ring (bicyclic) bond motifs is 2. The first-order chi connectivity index (χ1) is 23.8. The summed E-state index contributed by atoms with van der Waals surface area (Å²) in [5.74, 6) is -0.511. The molecular formula is C39H44ClN5O4S. The number of ether oxygens (including phenoxy) is 1. The molecule has 3 aromatic carbocycles. The number of aromatic nitrogens is 3. The monoisotopic (exact) mass is 713 g/mol. The van der Waals surface area contributed by atoms with E-state index in [1.165, 1.54) is 0 Å². The fourth-order valence-corrected chi connectivity index (χ4v) is 8.87. The third-order valence-corrected chi connectivity index (χ3v) is 11.5. The number of piperidine rings is 1. The summed E-state index contributed by atoms with van der Waals surface area (Å²) in [6.45, 7) is 13.0. The van der Waals surface area contributed by atoms with Crippen molar-refractivity contribution in [2.75, 3.05) is 26.2 Å². The van der Waals surface area contributed by atoms with Crippen LogP contribution in [0.25, 0.3) is 42.8 Å². The Bertz CT molecular complexity index is 2090. The number of thiazole rings is 1. The topological polar surface area (TPSA) is 101 Å². The maximum absolute atomic E-state index is 12.8. The number of halogens is 1. The molecule has 0 saturated carbocycles. The molecule has 2 saturated heterocycles. The van der Waals surface area contributed by atoms with Crippen molar-refractivity contribution in [3.63, 3.8) is 0 Å². The Morgan fingerprint density at radius 1 is 1.04 bits per heavy atom. The van der Waals surface area contributed by atoms with Crippen molar-refractivity contribution in [1.82, 2.24) is 24.6 Å². The molecule has 2 aliphatic heterocycles. The quantitative estimate of drug-likeness (QED) is 0.173. The summed E-state index contributed by atoms with van der Waals surface area (Å²) in [7, 11) is 2.01. The van der Waals surface area contributed by atoms with Crippen LogP contribution in [0, 0.1) is 6.92 Å². The number of carbonyl (C=O) groups excluding carboxylic acids is 1. The molecule has 50 heavy (non-hydrogen) atoms. The smallest absolute Gasteiger partial charge is 0.337 e. The number of carboxylic acids is 1. The SMILES string of the molecule is CC(=O)N1CC[C@H]1CN1CCC(c2nn(C)c3ccc(-c4nc5cc(C)c(C(OC(C)(C)C)C(=O)O)c(-c6ccc(Cl)cc6)c5s4)cc23)CC1. The van der Waals surface area contributed by atoms with Crippen LogP contribution in [0.5, 0.6) is 0 Å². The average molecular weight is 714 g/mol. The van der Waals surface area contributed by atoms with Crippen molar-refractivity contribution in [3.8, 4) is 21.7 Å². The highest BCUT2D eigenvalue weighted by Crippen LogP contribution is 2.45. The van der Waals surface area contributed by atoms with Crippen molar-refractivity contribution in [2.45, 2.75) is 77.5 Å². The van der Waals surface area contributed by atoms with Crippen molar-refractivity contribution in [2.24, 2.45) is 7.05 Å². The van der Waals surface area contributed by atoms with Crippen LogP contribution in [0.3, 0.4) is 0 Å². The summed E-state index contributed by atoms with van der Waals surface area (Å²) in [4.78, 5) is 34.3. The van der Waals surface area contributed by atoms with Crippen LogP contribution in [-0.2, 0) is 21.4 Å². The number of likely N-dealkylation sites (tertiary alicyclic amines) is 2. The highest BCUT2D eigenvalue weighted by atomic mass is 35.5. The molecule has 262 valence electrons. The van der Waals surface area contributed by atoms with Gasteiger partial charge in [0.05, 0.1) is 27.0 Å². The molecule has 11 heteroatoms. The number of aryl methyl sites for hydroxylation is 2. The Kier molecular flexibility index (Phi) is 9.26. The highest BCUT2D eigenvalue weighted by Gasteiger charge is 2.34. The van der Waals surface area contributed by atoms with Gasteiger partial charge >= 0.3 is 5.97 Å². The molecule has 7 rings (SSSR count). The van der Waals surface area contributed by atoms with Crippen LogP contribution in [0.1, 0.15) is 75.8 Å². The Morgan fingerprint density at radius 3 is 2.36 bits per heavy atom. The van der Waals surface area contributed by atoms with Gasteiger partial charge in [0.25, 0.3) is 0 Å². The van der Waals surface area contributed by atoms with Gasteiger partial charge in [-0.25, -0.2) is 9.78 Å². The lowest BCUT2D eigenvalue weighted by atomic mass is 9.90. The van der Waals surface area contributed by atoms with Gasteiger partial charge in [0.1, 0.15) is 5.01 Å². The van der Waals surface area contributed by atoms with Gasteiger partial charge in [0.15, 0.2) is 6.10 Å². The van der Waals surface area contributed by atoms with Gasteiger partial charge in [-0.15, -0.1) is 11.3 Å². The first-order valence-electron chi connectivity index (χ1n) is 17.3. The summed E-state index contributed by atoms with van der Waals surface area (Å²) in [5, 5.41) is 18.1. The number of carboxylic acid groups (broad SMARTS) is 1. The second-order valence-electron chi connectivity index (χ2n) is 14.8. The van der Waals surface area contributed by atoms with E-state index in [1.807, 2.05) is 74.7 Å². The molecule has 9 nitrogen and oxygen atoms in total. The second-order valence-corrected chi connectivity index (χ2v) is 16.2. The lowest BCUT2D eigenvalue weighted by Gasteiger charge is -2.44. The Hall–Kier alpha value is -3.83. The molecule has 2 fully saturated rings.